The zero-order valence-corrected chi connectivity index (χ0v) is 13.1. The molecule has 0 unspecified atom stereocenters. The smallest absolute Gasteiger partial charge is 0.225 e. The summed E-state index contributed by atoms with van der Waals surface area (Å²) in [5.74, 6) is 1.36. The van der Waals surface area contributed by atoms with E-state index >= 15 is 0 Å². The zero-order valence-electron chi connectivity index (χ0n) is 11.6. The Morgan fingerprint density at radius 1 is 1.50 bits per heavy atom. The molecular formula is C14H17BrN2O3. The van der Waals surface area contributed by atoms with E-state index in [1.165, 1.54) is 4.90 Å². The molecule has 0 aliphatic heterocycles. The van der Waals surface area contributed by atoms with E-state index in [2.05, 4.69) is 15.9 Å². The second-order valence-corrected chi connectivity index (χ2v) is 4.97. The fourth-order valence-electron chi connectivity index (χ4n) is 1.51. The Balaban J connectivity index is 2.41. The number of amides is 1. The number of rotatable bonds is 7. The van der Waals surface area contributed by atoms with Crippen LogP contribution in [0.4, 0.5) is 0 Å². The van der Waals surface area contributed by atoms with Crippen molar-refractivity contribution in [3.8, 4) is 17.6 Å². The average molecular weight is 341 g/mol. The van der Waals surface area contributed by atoms with Crippen LogP contribution in [0, 0.1) is 11.3 Å². The van der Waals surface area contributed by atoms with Gasteiger partial charge in [-0.25, -0.2) is 0 Å². The van der Waals surface area contributed by atoms with Crippen molar-refractivity contribution < 1.29 is 14.3 Å². The molecule has 5 nitrogen and oxygen atoms in total. The fourth-order valence-corrected chi connectivity index (χ4v) is 1.98. The summed E-state index contributed by atoms with van der Waals surface area (Å²) in [5, 5.41) is 8.47. The molecule has 0 aliphatic rings. The van der Waals surface area contributed by atoms with Crippen molar-refractivity contribution in [1.29, 1.82) is 5.26 Å². The highest BCUT2D eigenvalue weighted by molar-refractivity contribution is 9.10. The Hall–Kier alpha value is -1.74. The van der Waals surface area contributed by atoms with Crippen LogP contribution in [0.1, 0.15) is 12.8 Å². The Labute approximate surface area is 127 Å². The molecule has 108 valence electrons. The molecule has 6 heteroatoms. The summed E-state index contributed by atoms with van der Waals surface area (Å²) in [5.41, 5.74) is 0. The molecule has 1 rings (SSSR count). The molecule has 0 N–H and O–H groups in total. The first kappa shape index (κ1) is 16.3. The first-order valence-corrected chi connectivity index (χ1v) is 6.95. The Morgan fingerprint density at radius 2 is 2.25 bits per heavy atom. The van der Waals surface area contributed by atoms with Gasteiger partial charge in [-0.05, 0) is 34.1 Å². The molecule has 1 aromatic rings. The molecule has 0 bridgehead atoms. The van der Waals surface area contributed by atoms with E-state index in [9.17, 15) is 4.79 Å². The normalized spacial score (nSPS) is 9.70. The van der Waals surface area contributed by atoms with E-state index in [-0.39, 0.29) is 12.3 Å². The van der Waals surface area contributed by atoms with Crippen LogP contribution in [0.25, 0.3) is 0 Å². The van der Waals surface area contributed by atoms with E-state index in [1.807, 2.05) is 6.07 Å². The van der Waals surface area contributed by atoms with Gasteiger partial charge in [0.05, 0.1) is 37.1 Å². The van der Waals surface area contributed by atoms with Gasteiger partial charge >= 0.3 is 0 Å². The summed E-state index contributed by atoms with van der Waals surface area (Å²) in [6, 6.07) is 7.39. The van der Waals surface area contributed by atoms with Gasteiger partial charge < -0.3 is 14.4 Å². The topological polar surface area (TPSA) is 62.6 Å². The molecule has 1 amide bonds. The molecule has 0 saturated carbocycles. The van der Waals surface area contributed by atoms with Gasteiger partial charge in [-0.15, -0.1) is 0 Å². The third kappa shape index (κ3) is 5.10. The van der Waals surface area contributed by atoms with E-state index in [0.29, 0.717) is 25.3 Å². The van der Waals surface area contributed by atoms with E-state index in [0.717, 1.165) is 10.2 Å². The van der Waals surface area contributed by atoms with Crippen LogP contribution in [0.2, 0.25) is 0 Å². The summed E-state index contributed by atoms with van der Waals surface area (Å²) in [6.07, 6.45) is 0.619. The third-order valence-corrected chi connectivity index (χ3v) is 3.32. The minimum absolute atomic E-state index is 0.0371. The standard InChI is InChI=1S/C14H17BrN2O3/c1-17(8-3-7-16)14(18)6-9-20-13-5-4-11(19-2)10-12(13)15/h4-5,10H,3,6,8-9H2,1-2H3. The molecule has 0 radical (unpaired) electrons. The summed E-state index contributed by atoms with van der Waals surface area (Å²) < 4.78 is 11.4. The van der Waals surface area contributed by atoms with Crippen LogP contribution in [-0.2, 0) is 4.79 Å². The number of hydrogen-bond donors (Lipinski definition) is 0. The van der Waals surface area contributed by atoms with Gasteiger partial charge in [0.15, 0.2) is 0 Å². The van der Waals surface area contributed by atoms with Crippen molar-refractivity contribution in [2.24, 2.45) is 0 Å². The maximum absolute atomic E-state index is 11.7. The minimum Gasteiger partial charge on any atom is -0.497 e. The van der Waals surface area contributed by atoms with Crippen LogP contribution >= 0.6 is 15.9 Å². The number of nitrogens with zero attached hydrogens (tertiary/aromatic N) is 2. The Bertz CT molecular complexity index is 500. The van der Waals surface area contributed by atoms with E-state index < -0.39 is 0 Å². The lowest BCUT2D eigenvalue weighted by Gasteiger charge is -2.15. The summed E-state index contributed by atoms with van der Waals surface area (Å²) in [6.45, 7) is 0.738. The quantitative estimate of drug-likeness (QED) is 0.765. The highest BCUT2D eigenvalue weighted by Gasteiger charge is 2.09. The molecule has 1 aromatic carbocycles. The Kier molecular flexibility index (Phi) is 6.88. The molecule has 0 fully saturated rings. The number of carbonyl (C=O) groups excluding carboxylic acids is 1. The number of ether oxygens (including phenoxy) is 2. The lowest BCUT2D eigenvalue weighted by molar-refractivity contribution is -0.130. The maximum atomic E-state index is 11.7. The largest absolute Gasteiger partial charge is 0.497 e. The molecule has 0 saturated heterocycles. The van der Waals surface area contributed by atoms with Gasteiger partial charge in [0.2, 0.25) is 5.91 Å². The fraction of sp³-hybridized carbons (Fsp3) is 0.429. The maximum Gasteiger partial charge on any atom is 0.225 e. The summed E-state index contributed by atoms with van der Waals surface area (Å²) >= 11 is 3.38. The summed E-state index contributed by atoms with van der Waals surface area (Å²) in [4.78, 5) is 13.3. The van der Waals surface area contributed by atoms with Crippen LogP contribution < -0.4 is 9.47 Å². The number of benzene rings is 1. The van der Waals surface area contributed by atoms with Gasteiger partial charge in [-0.2, -0.15) is 5.26 Å². The average Bonchev–Trinajstić information content (AvgIpc) is 2.46. The predicted molar refractivity (Wildman–Crippen MR) is 78.7 cm³/mol. The van der Waals surface area contributed by atoms with Crippen LogP contribution in [0.5, 0.6) is 11.5 Å². The summed E-state index contributed by atoms with van der Waals surface area (Å²) in [7, 11) is 3.28. The highest BCUT2D eigenvalue weighted by Crippen LogP contribution is 2.29. The number of nitriles is 1. The van der Waals surface area contributed by atoms with Gasteiger partial charge in [0.25, 0.3) is 0 Å². The zero-order chi connectivity index (χ0) is 15.0. The monoisotopic (exact) mass is 340 g/mol. The third-order valence-electron chi connectivity index (χ3n) is 2.70. The molecule has 0 aliphatic carbocycles. The number of hydrogen-bond acceptors (Lipinski definition) is 4. The van der Waals surface area contributed by atoms with Crippen molar-refractivity contribution in [2.75, 3.05) is 27.3 Å². The lowest BCUT2D eigenvalue weighted by Crippen LogP contribution is -2.28. The van der Waals surface area contributed by atoms with Crippen LogP contribution in [0.15, 0.2) is 22.7 Å². The van der Waals surface area contributed by atoms with Crippen molar-refractivity contribution in [3.05, 3.63) is 22.7 Å². The predicted octanol–water partition coefficient (Wildman–Crippen LogP) is 2.60. The van der Waals surface area contributed by atoms with Crippen LogP contribution in [0.3, 0.4) is 0 Å². The van der Waals surface area contributed by atoms with Crippen LogP contribution in [-0.4, -0.2) is 38.1 Å². The molecule has 0 heterocycles. The van der Waals surface area contributed by atoms with Crippen molar-refractivity contribution in [1.82, 2.24) is 4.90 Å². The molecule has 0 spiro atoms. The highest BCUT2D eigenvalue weighted by atomic mass is 79.9. The van der Waals surface area contributed by atoms with E-state index in [4.69, 9.17) is 14.7 Å². The van der Waals surface area contributed by atoms with Gasteiger partial charge in [0, 0.05) is 13.6 Å². The van der Waals surface area contributed by atoms with Gasteiger partial charge in [-0.3, -0.25) is 4.79 Å². The molecule has 20 heavy (non-hydrogen) atoms. The minimum atomic E-state index is -0.0371. The van der Waals surface area contributed by atoms with Gasteiger partial charge in [0.1, 0.15) is 11.5 Å². The molecular weight excluding hydrogens is 324 g/mol. The van der Waals surface area contributed by atoms with Crippen molar-refractivity contribution in [2.45, 2.75) is 12.8 Å². The first-order chi connectivity index (χ1) is 9.58. The molecule has 0 aromatic heterocycles. The van der Waals surface area contributed by atoms with Gasteiger partial charge in [-0.1, -0.05) is 0 Å². The number of carbonyl (C=O) groups is 1. The molecule has 0 atom stereocenters. The Morgan fingerprint density at radius 3 is 2.85 bits per heavy atom. The second-order valence-electron chi connectivity index (χ2n) is 4.12. The number of methoxy groups -OCH3 is 1. The second kappa shape index (κ2) is 8.43. The number of halogens is 1. The first-order valence-electron chi connectivity index (χ1n) is 6.15. The SMILES string of the molecule is COc1ccc(OCCC(=O)N(C)CCC#N)c(Br)c1. The van der Waals surface area contributed by atoms with E-state index in [1.54, 1.807) is 32.4 Å². The van der Waals surface area contributed by atoms with Crippen molar-refractivity contribution >= 4 is 21.8 Å². The van der Waals surface area contributed by atoms with Crippen molar-refractivity contribution in [3.63, 3.8) is 0 Å². The lowest BCUT2D eigenvalue weighted by atomic mass is 10.3.